The van der Waals surface area contributed by atoms with Gasteiger partial charge in [-0.2, -0.15) is 0 Å². The summed E-state index contributed by atoms with van der Waals surface area (Å²) in [5, 5.41) is 0. The molecule has 2 nitrogen and oxygen atoms in total. The van der Waals surface area contributed by atoms with Gasteiger partial charge in [0, 0.05) is 24.7 Å². The van der Waals surface area contributed by atoms with Crippen LogP contribution >= 0.6 is 0 Å². The Kier molecular flexibility index (Phi) is 4.39. The molecule has 84 valence electrons. The van der Waals surface area contributed by atoms with Gasteiger partial charge in [0.05, 0.1) is 0 Å². The zero-order valence-electron chi connectivity index (χ0n) is 10.2. The Balaban J connectivity index is 2.70. The van der Waals surface area contributed by atoms with Crippen molar-refractivity contribution in [1.82, 2.24) is 4.90 Å². The summed E-state index contributed by atoms with van der Waals surface area (Å²) in [4.78, 5) is 2.67. The zero-order chi connectivity index (χ0) is 10.7. The SMILES string of the molecule is CCC1CCC(C)N1C(CN)C(C)C. The lowest BCUT2D eigenvalue weighted by atomic mass is 10.0. The minimum absolute atomic E-state index is 0.581. The van der Waals surface area contributed by atoms with E-state index in [1.165, 1.54) is 19.3 Å². The molecule has 1 rings (SSSR count). The predicted octanol–water partition coefficient (Wildman–Crippen LogP) is 2.23. The van der Waals surface area contributed by atoms with Gasteiger partial charge in [0.2, 0.25) is 0 Å². The third-order valence-electron chi connectivity index (χ3n) is 3.71. The molecule has 0 aliphatic carbocycles. The van der Waals surface area contributed by atoms with Gasteiger partial charge in [-0.25, -0.2) is 0 Å². The summed E-state index contributed by atoms with van der Waals surface area (Å²) in [6.45, 7) is 10.0. The van der Waals surface area contributed by atoms with Crippen LogP contribution in [0.1, 0.15) is 47.0 Å². The number of nitrogens with zero attached hydrogens (tertiary/aromatic N) is 1. The van der Waals surface area contributed by atoms with Crippen molar-refractivity contribution < 1.29 is 0 Å². The summed E-state index contributed by atoms with van der Waals surface area (Å²) < 4.78 is 0. The van der Waals surface area contributed by atoms with Gasteiger partial charge in [0.25, 0.3) is 0 Å². The lowest BCUT2D eigenvalue weighted by Gasteiger charge is -2.37. The van der Waals surface area contributed by atoms with Gasteiger partial charge in [0.1, 0.15) is 0 Å². The summed E-state index contributed by atoms with van der Waals surface area (Å²) >= 11 is 0. The average molecular weight is 198 g/mol. The van der Waals surface area contributed by atoms with E-state index in [2.05, 4.69) is 32.6 Å². The molecule has 0 amide bonds. The second-order valence-corrected chi connectivity index (χ2v) is 4.98. The van der Waals surface area contributed by atoms with Gasteiger partial charge in [-0.1, -0.05) is 20.8 Å². The molecular formula is C12H26N2. The molecular weight excluding hydrogens is 172 g/mol. The number of hydrogen-bond donors (Lipinski definition) is 1. The van der Waals surface area contributed by atoms with E-state index in [-0.39, 0.29) is 0 Å². The van der Waals surface area contributed by atoms with Crippen LogP contribution in [0.5, 0.6) is 0 Å². The topological polar surface area (TPSA) is 29.3 Å². The second kappa shape index (κ2) is 5.13. The second-order valence-electron chi connectivity index (χ2n) is 4.98. The van der Waals surface area contributed by atoms with Crippen LogP contribution in [0.4, 0.5) is 0 Å². The van der Waals surface area contributed by atoms with Crippen LogP contribution in [0.2, 0.25) is 0 Å². The molecule has 0 aromatic carbocycles. The maximum absolute atomic E-state index is 5.89. The van der Waals surface area contributed by atoms with Crippen LogP contribution in [0.15, 0.2) is 0 Å². The van der Waals surface area contributed by atoms with E-state index in [9.17, 15) is 0 Å². The first-order valence-corrected chi connectivity index (χ1v) is 6.09. The van der Waals surface area contributed by atoms with Crippen molar-refractivity contribution in [3.05, 3.63) is 0 Å². The molecule has 0 aromatic rings. The molecule has 2 N–H and O–H groups in total. The van der Waals surface area contributed by atoms with Gasteiger partial charge >= 0.3 is 0 Å². The molecule has 1 saturated heterocycles. The first-order chi connectivity index (χ1) is 6.61. The third kappa shape index (κ3) is 2.29. The van der Waals surface area contributed by atoms with Crippen LogP contribution in [-0.2, 0) is 0 Å². The van der Waals surface area contributed by atoms with E-state index in [0.717, 1.165) is 18.6 Å². The van der Waals surface area contributed by atoms with Gasteiger partial charge < -0.3 is 5.73 Å². The summed E-state index contributed by atoms with van der Waals surface area (Å²) in [5.41, 5.74) is 5.89. The van der Waals surface area contributed by atoms with Crippen molar-refractivity contribution in [3.8, 4) is 0 Å². The van der Waals surface area contributed by atoms with E-state index in [4.69, 9.17) is 5.73 Å². The molecule has 14 heavy (non-hydrogen) atoms. The molecule has 3 atom stereocenters. The highest BCUT2D eigenvalue weighted by Crippen LogP contribution is 2.30. The van der Waals surface area contributed by atoms with Crippen LogP contribution in [0, 0.1) is 5.92 Å². The first kappa shape index (κ1) is 12.0. The number of likely N-dealkylation sites (tertiary alicyclic amines) is 1. The van der Waals surface area contributed by atoms with Crippen LogP contribution in [-0.4, -0.2) is 29.6 Å². The highest BCUT2D eigenvalue weighted by molar-refractivity contribution is 4.90. The van der Waals surface area contributed by atoms with Gasteiger partial charge in [-0.3, -0.25) is 4.90 Å². The Morgan fingerprint density at radius 1 is 1.36 bits per heavy atom. The Hall–Kier alpha value is -0.0800. The first-order valence-electron chi connectivity index (χ1n) is 6.09. The van der Waals surface area contributed by atoms with E-state index >= 15 is 0 Å². The maximum Gasteiger partial charge on any atom is 0.0247 e. The van der Waals surface area contributed by atoms with Gasteiger partial charge in [0.15, 0.2) is 0 Å². The van der Waals surface area contributed by atoms with Gasteiger partial charge in [-0.05, 0) is 32.1 Å². The smallest absolute Gasteiger partial charge is 0.0247 e. The number of hydrogen-bond acceptors (Lipinski definition) is 2. The third-order valence-corrected chi connectivity index (χ3v) is 3.71. The molecule has 1 aliphatic rings. The summed E-state index contributed by atoms with van der Waals surface area (Å²) in [7, 11) is 0. The van der Waals surface area contributed by atoms with Crippen molar-refractivity contribution in [1.29, 1.82) is 0 Å². The van der Waals surface area contributed by atoms with Gasteiger partial charge in [-0.15, -0.1) is 0 Å². The summed E-state index contributed by atoms with van der Waals surface area (Å²) in [5.74, 6) is 0.676. The molecule has 0 bridgehead atoms. The Labute approximate surface area is 88.8 Å². The number of nitrogens with two attached hydrogens (primary N) is 1. The summed E-state index contributed by atoms with van der Waals surface area (Å²) in [6.07, 6.45) is 3.98. The molecule has 0 aromatic heterocycles. The van der Waals surface area contributed by atoms with Crippen molar-refractivity contribution in [2.45, 2.75) is 65.1 Å². The maximum atomic E-state index is 5.89. The molecule has 0 spiro atoms. The zero-order valence-corrected chi connectivity index (χ0v) is 10.2. The molecule has 1 heterocycles. The highest BCUT2D eigenvalue weighted by Gasteiger charge is 2.35. The van der Waals surface area contributed by atoms with Crippen LogP contribution < -0.4 is 5.73 Å². The normalized spacial score (nSPS) is 31.3. The van der Waals surface area contributed by atoms with E-state index in [0.29, 0.717) is 12.0 Å². The van der Waals surface area contributed by atoms with E-state index < -0.39 is 0 Å². The lowest BCUT2D eigenvalue weighted by Crippen LogP contribution is -2.49. The lowest BCUT2D eigenvalue weighted by molar-refractivity contribution is 0.105. The Bertz CT molecular complexity index is 168. The molecule has 2 heteroatoms. The molecule has 3 unspecified atom stereocenters. The molecule has 1 aliphatic heterocycles. The molecule has 0 saturated carbocycles. The number of rotatable bonds is 4. The minimum Gasteiger partial charge on any atom is -0.329 e. The van der Waals surface area contributed by atoms with E-state index in [1.807, 2.05) is 0 Å². The van der Waals surface area contributed by atoms with E-state index in [1.54, 1.807) is 0 Å². The highest BCUT2D eigenvalue weighted by atomic mass is 15.2. The van der Waals surface area contributed by atoms with Crippen molar-refractivity contribution in [2.24, 2.45) is 11.7 Å². The van der Waals surface area contributed by atoms with Crippen LogP contribution in [0.25, 0.3) is 0 Å². The fraction of sp³-hybridized carbons (Fsp3) is 1.00. The van der Waals surface area contributed by atoms with Crippen molar-refractivity contribution >= 4 is 0 Å². The van der Waals surface area contributed by atoms with Crippen molar-refractivity contribution in [3.63, 3.8) is 0 Å². The molecule has 0 radical (unpaired) electrons. The fourth-order valence-corrected chi connectivity index (χ4v) is 2.84. The monoisotopic (exact) mass is 198 g/mol. The van der Waals surface area contributed by atoms with Crippen LogP contribution in [0.3, 0.4) is 0 Å². The fourth-order valence-electron chi connectivity index (χ4n) is 2.84. The molecule has 1 fully saturated rings. The Morgan fingerprint density at radius 3 is 2.43 bits per heavy atom. The standard InChI is InChI=1S/C12H26N2/c1-5-11-7-6-10(4)14(11)12(8-13)9(2)3/h9-12H,5-8,13H2,1-4H3. The Morgan fingerprint density at radius 2 is 2.00 bits per heavy atom. The summed E-state index contributed by atoms with van der Waals surface area (Å²) in [6, 6.07) is 2.09. The largest absolute Gasteiger partial charge is 0.329 e. The minimum atomic E-state index is 0.581. The predicted molar refractivity (Wildman–Crippen MR) is 62.3 cm³/mol. The quantitative estimate of drug-likeness (QED) is 0.750. The average Bonchev–Trinajstić information content (AvgIpc) is 2.49. The van der Waals surface area contributed by atoms with Crippen molar-refractivity contribution in [2.75, 3.05) is 6.54 Å².